The Balaban J connectivity index is 0.000000204. The van der Waals surface area contributed by atoms with Gasteiger partial charge < -0.3 is 39.4 Å². The molecule has 1 aliphatic heterocycles. The number of rotatable bonds is 12. The van der Waals surface area contributed by atoms with Gasteiger partial charge in [0.25, 0.3) is 0 Å². The lowest BCUT2D eigenvalue weighted by molar-refractivity contribution is -0.141. The van der Waals surface area contributed by atoms with E-state index in [0.717, 1.165) is 59.9 Å². The molecule has 0 saturated carbocycles. The Morgan fingerprint density at radius 3 is 2.16 bits per heavy atom. The summed E-state index contributed by atoms with van der Waals surface area (Å²) in [7, 11) is 4.41. The maximum Gasteiger partial charge on any atom is 0.333 e. The molecule has 4 N–H and O–H groups in total. The largest absolute Gasteiger partial charge is 0.508 e. The summed E-state index contributed by atoms with van der Waals surface area (Å²) in [6, 6.07) is 15.7. The van der Waals surface area contributed by atoms with Gasteiger partial charge in [-0.1, -0.05) is 45.0 Å². The molecule has 6 atom stereocenters. The first-order valence-corrected chi connectivity index (χ1v) is 19.8. The second-order valence-electron chi connectivity index (χ2n) is 15.9. The molecule has 6 rings (SSSR count). The Morgan fingerprint density at radius 2 is 1.56 bits per heavy atom. The number of benzene rings is 3. The van der Waals surface area contributed by atoms with Gasteiger partial charge in [0.2, 0.25) is 0 Å². The number of esters is 2. The number of Topliss-reactive ketones (excluding diaryl/α,β-unsaturated/α-hetero) is 1. The van der Waals surface area contributed by atoms with Gasteiger partial charge in [-0.25, -0.2) is 4.79 Å². The number of ether oxygens (including phenoxy) is 4. The van der Waals surface area contributed by atoms with Crippen LogP contribution in [0.4, 0.5) is 0 Å². The molecule has 0 amide bonds. The zero-order chi connectivity index (χ0) is 41.8. The predicted molar refractivity (Wildman–Crippen MR) is 217 cm³/mol. The standard InChI is InChI=1S/C20H20O6.C16H26O3.C10H14O2/c1-24-17-6-10(3-4-15(17)21)19-12-8-16(22)18(25-2)7-11(12)5-13-14(19)9-26-20(13)23;1-11(2)9-15(17)10-12(3)13-5-7-14(8-6-13)16(18)19-4;1-8(11)2-3-9-4-6-10(12)7-5-9/h3-4,6-8,13-14,19,21-22H,5,9H2,1-2H3;7,11-13H,5-6,8-10H2,1-4H3;4-8,11-12H,2-3H2,1H3/t13?,14-,19?;;/m0../s1. The van der Waals surface area contributed by atoms with E-state index in [9.17, 15) is 24.6 Å². The molecule has 1 saturated heterocycles. The molecule has 3 aromatic rings. The van der Waals surface area contributed by atoms with Crippen molar-refractivity contribution in [1.29, 1.82) is 0 Å². The van der Waals surface area contributed by atoms with Gasteiger partial charge in [0.05, 0.1) is 40.0 Å². The molecule has 2 aliphatic carbocycles. The summed E-state index contributed by atoms with van der Waals surface area (Å²) < 4.78 is 20.5. The van der Waals surface area contributed by atoms with E-state index in [1.807, 2.05) is 24.3 Å². The molecular formula is C46H60O11. The molecule has 0 spiro atoms. The third kappa shape index (κ3) is 12.2. The molecule has 11 nitrogen and oxygen atoms in total. The second kappa shape index (κ2) is 20.9. The average Bonchev–Trinajstić information content (AvgIpc) is 3.55. The molecule has 0 radical (unpaired) electrons. The molecule has 57 heavy (non-hydrogen) atoms. The van der Waals surface area contributed by atoms with Crippen molar-refractivity contribution in [2.45, 2.75) is 91.1 Å². The zero-order valence-corrected chi connectivity index (χ0v) is 34.3. The monoisotopic (exact) mass is 788 g/mol. The van der Waals surface area contributed by atoms with E-state index >= 15 is 0 Å². The van der Waals surface area contributed by atoms with E-state index in [-0.39, 0.29) is 53.0 Å². The Hall–Kier alpha value is -5.03. The van der Waals surface area contributed by atoms with Gasteiger partial charge in [-0.05, 0) is 122 Å². The number of ketones is 1. The lowest BCUT2D eigenvalue weighted by atomic mass is 9.67. The van der Waals surface area contributed by atoms with Crippen LogP contribution in [0.25, 0.3) is 0 Å². The van der Waals surface area contributed by atoms with Gasteiger partial charge in [-0.2, -0.15) is 0 Å². The predicted octanol–water partition coefficient (Wildman–Crippen LogP) is 7.83. The first-order valence-electron chi connectivity index (χ1n) is 19.8. The first-order chi connectivity index (χ1) is 27.1. The first kappa shape index (κ1) is 44.7. The van der Waals surface area contributed by atoms with Crippen LogP contribution < -0.4 is 9.47 Å². The number of phenols is 3. The number of fused-ring (bicyclic) bond motifs is 2. The van der Waals surface area contributed by atoms with Gasteiger partial charge in [-0.3, -0.25) is 9.59 Å². The number of carbonyl (C=O) groups excluding carboxylic acids is 3. The molecule has 0 aromatic heterocycles. The number of aromatic hydroxyl groups is 3. The highest BCUT2D eigenvalue weighted by atomic mass is 16.5. The van der Waals surface area contributed by atoms with Crippen LogP contribution >= 0.6 is 0 Å². The van der Waals surface area contributed by atoms with Crippen LogP contribution in [0.3, 0.4) is 0 Å². The SMILES string of the molecule is CC(O)CCc1ccc(O)cc1.COC(=O)C1=CCC(C(C)CC(=O)CC(C)C)CC1.COc1cc(C2c3cc(O)c(OC)cc3CC3C(=O)OC[C@@H]32)ccc1O. The summed E-state index contributed by atoms with van der Waals surface area (Å²) in [6.45, 7) is 8.42. The van der Waals surface area contributed by atoms with E-state index < -0.39 is 0 Å². The zero-order valence-electron chi connectivity index (χ0n) is 34.3. The maximum atomic E-state index is 12.2. The Morgan fingerprint density at radius 1 is 0.877 bits per heavy atom. The van der Waals surface area contributed by atoms with Gasteiger partial charge in [0.1, 0.15) is 11.5 Å². The topological polar surface area (TPSA) is 169 Å². The smallest absolute Gasteiger partial charge is 0.333 e. The number of cyclic esters (lactones) is 1. The van der Waals surface area contributed by atoms with Crippen LogP contribution in [-0.2, 0) is 36.7 Å². The quantitative estimate of drug-likeness (QED) is 0.132. The number of hydrogen-bond donors (Lipinski definition) is 4. The van der Waals surface area contributed by atoms with Crippen molar-refractivity contribution in [3.63, 3.8) is 0 Å². The lowest BCUT2D eigenvalue weighted by Crippen LogP contribution is -2.31. The summed E-state index contributed by atoms with van der Waals surface area (Å²) in [5.74, 6) is 2.07. The summed E-state index contributed by atoms with van der Waals surface area (Å²) in [5, 5.41) is 38.2. The molecular weight excluding hydrogens is 728 g/mol. The second-order valence-corrected chi connectivity index (χ2v) is 15.9. The van der Waals surface area contributed by atoms with Crippen molar-refractivity contribution in [2.75, 3.05) is 27.9 Å². The molecule has 3 aliphatic rings. The number of methoxy groups -OCH3 is 3. The van der Waals surface area contributed by atoms with Gasteiger partial charge in [0, 0.05) is 30.3 Å². The Bertz CT molecular complexity index is 1850. The number of aliphatic hydroxyl groups excluding tert-OH is 1. The number of allylic oxidation sites excluding steroid dienone is 1. The molecule has 5 unspecified atom stereocenters. The van der Waals surface area contributed by atoms with Crippen LogP contribution in [0, 0.1) is 29.6 Å². The third-order valence-electron chi connectivity index (χ3n) is 11.1. The van der Waals surface area contributed by atoms with Gasteiger partial charge in [0.15, 0.2) is 23.0 Å². The number of aryl methyl sites for hydroxylation is 1. The van der Waals surface area contributed by atoms with E-state index in [1.54, 1.807) is 43.3 Å². The van der Waals surface area contributed by atoms with Crippen molar-refractivity contribution in [2.24, 2.45) is 29.6 Å². The number of carbonyl (C=O) groups is 3. The fourth-order valence-electron chi connectivity index (χ4n) is 7.97. The number of hydrogen-bond acceptors (Lipinski definition) is 11. The van der Waals surface area contributed by atoms with Crippen LogP contribution in [0.15, 0.2) is 66.2 Å². The molecule has 1 fully saturated rings. The van der Waals surface area contributed by atoms with Gasteiger partial charge >= 0.3 is 11.9 Å². The summed E-state index contributed by atoms with van der Waals surface area (Å²) in [4.78, 5) is 35.5. The summed E-state index contributed by atoms with van der Waals surface area (Å²) >= 11 is 0. The number of phenolic OH excluding ortho intramolecular Hbond substituents is 3. The van der Waals surface area contributed by atoms with Crippen LogP contribution in [0.1, 0.15) is 94.4 Å². The highest BCUT2D eigenvalue weighted by molar-refractivity contribution is 5.88. The van der Waals surface area contributed by atoms with Crippen LogP contribution in [-0.4, -0.2) is 72.2 Å². The van der Waals surface area contributed by atoms with E-state index in [1.165, 1.54) is 21.3 Å². The minimum absolute atomic E-state index is 0.0305. The summed E-state index contributed by atoms with van der Waals surface area (Å²) in [6.07, 6.45) is 7.93. The molecule has 3 aromatic carbocycles. The molecule has 1 heterocycles. The highest BCUT2D eigenvalue weighted by Gasteiger charge is 2.47. The van der Waals surface area contributed by atoms with E-state index in [4.69, 9.17) is 29.2 Å². The van der Waals surface area contributed by atoms with Crippen LogP contribution in [0.5, 0.6) is 28.7 Å². The summed E-state index contributed by atoms with van der Waals surface area (Å²) in [5.41, 5.74) is 4.74. The molecule has 11 heteroatoms. The van der Waals surface area contributed by atoms with Crippen LogP contribution in [0.2, 0.25) is 0 Å². The number of aliphatic hydroxyl groups is 1. The minimum Gasteiger partial charge on any atom is -0.508 e. The third-order valence-corrected chi connectivity index (χ3v) is 11.1. The maximum absolute atomic E-state index is 12.2. The van der Waals surface area contributed by atoms with Crippen molar-refractivity contribution in [3.8, 4) is 28.7 Å². The van der Waals surface area contributed by atoms with Crippen molar-refractivity contribution >= 4 is 17.7 Å². The fourth-order valence-corrected chi connectivity index (χ4v) is 7.97. The van der Waals surface area contributed by atoms with Crippen molar-refractivity contribution < 1.29 is 53.8 Å². The van der Waals surface area contributed by atoms with E-state index in [0.29, 0.717) is 60.9 Å². The lowest BCUT2D eigenvalue weighted by Gasteiger charge is -2.34. The highest BCUT2D eigenvalue weighted by Crippen LogP contribution is 2.50. The van der Waals surface area contributed by atoms with E-state index in [2.05, 4.69) is 20.8 Å². The minimum atomic E-state index is -0.251. The van der Waals surface area contributed by atoms with Gasteiger partial charge in [-0.15, -0.1) is 0 Å². The Labute approximate surface area is 336 Å². The van der Waals surface area contributed by atoms with Crippen molar-refractivity contribution in [3.05, 3.63) is 88.5 Å². The normalized spacial score (nSPS) is 20.5. The molecule has 0 bridgehead atoms. The van der Waals surface area contributed by atoms with Crippen molar-refractivity contribution in [1.82, 2.24) is 0 Å². The average molecular weight is 789 g/mol. The molecule has 310 valence electrons. The Kier molecular flexibility index (Phi) is 16.4. The fraction of sp³-hybridized carbons (Fsp3) is 0.500.